The van der Waals surface area contributed by atoms with Crippen molar-refractivity contribution in [1.82, 2.24) is 9.80 Å². The second kappa shape index (κ2) is 8.03. The van der Waals surface area contributed by atoms with E-state index in [1.807, 2.05) is 18.2 Å². The molecule has 1 aliphatic carbocycles. The maximum absolute atomic E-state index is 13.2. The number of ketones is 2. The SMILES string of the molecule is CCC1(N(C)C(=O)CN2CCN(c3ccccc3)CC2)C(=O)c2ccccc2C1=O. The molecule has 156 valence electrons. The van der Waals surface area contributed by atoms with E-state index in [4.69, 9.17) is 0 Å². The van der Waals surface area contributed by atoms with Crippen LogP contribution in [0.1, 0.15) is 34.1 Å². The smallest absolute Gasteiger partial charge is 0.237 e. The summed E-state index contributed by atoms with van der Waals surface area (Å²) in [6.45, 7) is 5.19. The van der Waals surface area contributed by atoms with Crippen LogP contribution < -0.4 is 4.90 Å². The highest BCUT2D eigenvalue weighted by Crippen LogP contribution is 2.36. The molecular formula is C24H27N3O3. The van der Waals surface area contributed by atoms with Crippen LogP contribution in [0.15, 0.2) is 54.6 Å². The molecule has 2 aliphatic rings. The number of Topliss-reactive ketones (excluding diaryl/α,β-unsaturated/α-hetero) is 2. The minimum Gasteiger partial charge on any atom is -0.369 e. The van der Waals surface area contributed by atoms with Crippen molar-refractivity contribution in [3.05, 3.63) is 65.7 Å². The summed E-state index contributed by atoms with van der Waals surface area (Å²) in [4.78, 5) is 45.2. The van der Waals surface area contributed by atoms with Crippen LogP contribution >= 0.6 is 0 Å². The highest BCUT2D eigenvalue weighted by atomic mass is 16.2. The van der Waals surface area contributed by atoms with Crippen molar-refractivity contribution < 1.29 is 14.4 Å². The summed E-state index contributed by atoms with van der Waals surface area (Å²) in [7, 11) is 1.59. The van der Waals surface area contributed by atoms with Gasteiger partial charge in [0.1, 0.15) is 0 Å². The van der Waals surface area contributed by atoms with Gasteiger partial charge in [0, 0.05) is 50.0 Å². The lowest BCUT2D eigenvalue weighted by atomic mass is 9.88. The Bertz CT molecular complexity index is 930. The molecule has 2 aromatic rings. The molecule has 0 unspecified atom stereocenters. The van der Waals surface area contributed by atoms with Crippen LogP contribution in [0.5, 0.6) is 0 Å². The summed E-state index contributed by atoms with van der Waals surface area (Å²) >= 11 is 0. The Morgan fingerprint density at radius 2 is 1.43 bits per heavy atom. The lowest BCUT2D eigenvalue weighted by Crippen LogP contribution is -2.59. The van der Waals surface area contributed by atoms with Gasteiger partial charge in [-0.1, -0.05) is 49.4 Å². The largest absolute Gasteiger partial charge is 0.369 e. The Morgan fingerprint density at radius 3 is 1.97 bits per heavy atom. The first-order valence-corrected chi connectivity index (χ1v) is 10.5. The van der Waals surface area contributed by atoms with Crippen molar-refractivity contribution in [3.63, 3.8) is 0 Å². The van der Waals surface area contributed by atoms with Crippen molar-refractivity contribution in [2.75, 3.05) is 44.7 Å². The molecule has 0 saturated carbocycles. The molecular weight excluding hydrogens is 378 g/mol. The number of piperazine rings is 1. The molecule has 1 amide bonds. The zero-order chi connectivity index (χ0) is 21.3. The molecule has 0 aromatic heterocycles. The van der Waals surface area contributed by atoms with E-state index in [1.165, 1.54) is 10.6 Å². The van der Waals surface area contributed by atoms with Crippen molar-refractivity contribution in [1.29, 1.82) is 0 Å². The van der Waals surface area contributed by atoms with E-state index in [2.05, 4.69) is 21.9 Å². The van der Waals surface area contributed by atoms with Crippen LogP contribution in [-0.4, -0.2) is 72.6 Å². The number of para-hydroxylation sites is 1. The Kier molecular flexibility index (Phi) is 5.43. The van der Waals surface area contributed by atoms with Gasteiger partial charge >= 0.3 is 0 Å². The highest BCUT2D eigenvalue weighted by molar-refractivity contribution is 6.33. The monoisotopic (exact) mass is 405 g/mol. The number of hydrogen-bond acceptors (Lipinski definition) is 5. The highest BCUT2D eigenvalue weighted by Gasteiger charge is 2.55. The Balaban J connectivity index is 1.44. The van der Waals surface area contributed by atoms with Crippen LogP contribution in [0.25, 0.3) is 0 Å². The fourth-order valence-corrected chi connectivity index (χ4v) is 4.60. The summed E-state index contributed by atoms with van der Waals surface area (Å²) in [5.74, 6) is -0.731. The minimum absolute atomic E-state index is 0.195. The molecule has 1 saturated heterocycles. The van der Waals surface area contributed by atoms with Crippen LogP contribution in [0.2, 0.25) is 0 Å². The third-order valence-electron chi connectivity index (χ3n) is 6.48. The van der Waals surface area contributed by atoms with Gasteiger partial charge in [-0.2, -0.15) is 0 Å². The average molecular weight is 405 g/mol. The van der Waals surface area contributed by atoms with Crippen molar-refractivity contribution >= 4 is 23.2 Å². The molecule has 6 heteroatoms. The van der Waals surface area contributed by atoms with Crippen molar-refractivity contribution in [3.8, 4) is 0 Å². The molecule has 0 N–H and O–H groups in total. The summed E-state index contributed by atoms with van der Waals surface area (Å²) in [5.41, 5.74) is 0.596. The quantitative estimate of drug-likeness (QED) is 0.716. The molecule has 1 fully saturated rings. The number of nitrogens with zero attached hydrogens (tertiary/aromatic N) is 3. The average Bonchev–Trinajstić information content (AvgIpc) is 3.02. The maximum atomic E-state index is 13.2. The lowest BCUT2D eigenvalue weighted by molar-refractivity contribution is -0.134. The first kappa shape index (κ1) is 20.3. The number of likely N-dealkylation sites (N-methyl/N-ethyl adjacent to an activating group) is 1. The third-order valence-corrected chi connectivity index (χ3v) is 6.48. The van der Waals surface area contributed by atoms with E-state index < -0.39 is 5.54 Å². The molecule has 0 radical (unpaired) electrons. The van der Waals surface area contributed by atoms with Crippen molar-refractivity contribution in [2.24, 2.45) is 0 Å². The third kappa shape index (κ3) is 3.21. The van der Waals surface area contributed by atoms with E-state index in [0.29, 0.717) is 11.1 Å². The van der Waals surface area contributed by atoms with Gasteiger partial charge in [0.25, 0.3) is 0 Å². The van der Waals surface area contributed by atoms with Crippen LogP contribution in [0.4, 0.5) is 5.69 Å². The summed E-state index contributed by atoms with van der Waals surface area (Å²) in [6, 6.07) is 17.1. The van der Waals surface area contributed by atoms with E-state index in [-0.39, 0.29) is 30.4 Å². The van der Waals surface area contributed by atoms with Gasteiger partial charge in [0.05, 0.1) is 6.54 Å². The molecule has 2 aromatic carbocycles. The zero-order valence-electron chi connectivity index (χ0n) is 17.5. The van der Waals surface area contributed by atoms with Gasteiger partial charge in [0.2, 0.25) is 5.91 Å². The summed E-state index contributed by atoms with van der Waals surface area (Å²) in [5, 5.41) is 0. The molecule has 4 rings (SSSR count). The Hall–Kier alpha value is -2.99. The predicted octanol–water partition coefficient (Wildman–Crippen LogP) is 2.50. The van der Waals surface area contributed by atoms with Crippen LogP contribution in [-0.2, 0) is 4.79 Å². The molecule has 1 aliphatic heterocycles. The van der Waals surface area contributed by atoms with E-state index in [9.17, 15) is 14.4 Å². The van der Waals surface area contributed by atoms with E-state index >= 15 is 0 Å². The number of carbonyl (C=O) groups is 3. The zero-order valence-corrected chi connectivity index (χ0v) is 17.5. The van der Waals surface area contributed by atoms with Gasteiger partial charge < -0.3 is 9.80 Å². The van der Waals surface area contributed by atoms with Crippen LogP contribution in [0.3, 0.4) is 0 Å². The minimum atomic E-state index is -1.42. The molecule has 6 nitrogen and oxygen atoms in total. The summed E-state index contributed by atoms with van der Waals surface area (Å²) < 4.78 is 0. The molecule has 1 heterocycles. The molecule has 0 bridgehead atoms. The maximum Gasteiger partial charge on any atom is 0.237 e. The lowest BCUT2D eigenvalue weighted by Gasteiger charge is -2.39. The van der Waals surface area contributed by atoms with Gasteiger partial charge in [-0.3, -0.25) is 19.3 Å². The molecule has 30 heavy (non-hydrogen) atoms. The molecule has 0 atom stereocenters. The fourth-order valence-electron chi connectivity index (χ4n) is 4.60. The number of anilines is 1. The number of fused-ring (bicyclic) bond motifs is 1. The first-order valence-electron chi connectivity index (χ1n) is 10.5. The number of rotatable bonds is 5. The van der Waals surface area contributed by atoms with E-state index in [1.54, 1.807) is 38.2 Å². The topological polar surface area (TPSA) is 60.9 Å². The number of benzene rings is 2. The fraction of sp³-hybridized carbons (Fsp3) is 0.375. The number of hydrogen-bond donors (Lipinski definition) is 0. The van der Waals surface area contributed by atoms with Crippen LogP contribution in [0, 0.1) is 0 Å². The Labute approximate surface area is 177 Å². The summed E-state index contributed by atoms with van der Waals surface area (Å²) in [6.07, 6.45) is 0.267. The van der Waals surface area contributed by atoms with Crippen molar-refractivity contribution in [2.45, 2.75) is 18.9 Å². The standard InChI is InChI=1S/C24H27N3O3/c1-3-24(22(29)19-11-7-8-12-20(19)23(24)30)25(2)21(28)17-26-13-15-27(16-14-26)18-9-5-4-6-10-18/h4-12H,3,13-17H2,1-2H3. The normalized spacial score (nSPS) is 18.4. The Morgan fingerprint density at radius 1 is 0.900 bits per heavy atom. The van der Waals surface area contributed by atoms with Gasteiger partial charge in [-0.05, 0) is 18.6 Å². The van der Waals surface area contributed by atoms with Gasteiger partial charge in [-0.25, -0.2) is 0 Å². The first-order chi connectivity index (χ1) is 14.5. The second-order valence-electron chi connectivity index (χ2n) is 7.97. The number of amides is 1. The second-order valence-corrected chi connectivity index (χ2v) is 7.97. The number of carbonyl (C=O) groups excluding carboxylic acids is 3. The predicted molar refractivity (Wildman–Crippen MR) is 116 cm³/mol. The van der Waals surface area contributed by atoms with Gasteiger partial charge in [0.15, 0.2) is 17.1 Å². The van der Waals surface area contributed by atoms with E-state index in [0.717, 1.165) is 26.2 Å². The van der Waals surface area contributed by atoms with Gasteiger partial charge in [-0.15, -0.1) is 0 Å². The molecule has 0 spiro atoms.